The minimum absolute atomic E-state index is 0.0465. The zero-order chi connectivity index (χ0) is 12.5. The van der Waals surface area contributed by atoms with Gasteiger partial charge in [0.15, 0.2) is 0 Å². The molecule has 0 amide bonds. The van der Waals surface area contributed by atoms with Gasteiger partial charge >= 0.3 is 5.82 Å². The normalized spacial score (nSPS) is 10.9. The van der Waals surface area contributed by atoms with Crippen molar-refractivity contribution >= 4 is 27.9 Å². The van der Waals surface area contributed by atoms with Crippen LogP contribution in [-0.4, -0.2) is 24.5 Å². The maximum atomic E-state index is 11.0. The summed E-state index contributed by atoms with van der Waals surface area (Å²) in [6.45, 7) is 0.433. The smallest absolute Gasteiger partial charge is 0.359 e. The van der Waals surface area contributed by atoms with E-state index in [9.17, 15) is 10.1 Å². The number of nitrogens with zero attached hydrogens (tertiary/aromatic N) is 4. The monoisotopic (exact) mass is 264 g/mol. The Kier molecular flexibility index (Phi) is 2.45. The Morgan fingerprint density at radius 2 is 2.50 bits per heavy atom. The predicted molar refractivity (Wildman–Crippen MR) is 65.6 cm³/mol. The Hall–Kier alpha value is -2.42. The van der Waals surface area contributed by atoms with E-state index in [1.807, 2.05) is 0 Å². The van der Waals surface area contributed by atoms with Gasteiger partial charge in [-0.25, -0.2) is 0 Å². The molecule has 0 aliphatic rings. The van der Waals surface area contributed by atoms with Gasteiger partial charge in [0, 0.05) is 23.7 Å². The quantitative estimate of drug-likeness (QED) is 0.551. The molecule has 0 fully saturated rings. The highest BCUT2D eigenvalue weighted by Crippen LogP contribution is 2.28. The summed E-state index contributed by atoms with van der Waals surface area (Å²) in [6, 6.07) is 0. The van der Waals surface area contributed by atoms with Gasteiger partial charge in [-0.05, 0) is 4.92 Å². The van der Waals surface area contributed by atoms with E-state index in [1.165, 1.54) is 15.7 Å². The van der Waals surface area contributed by atoms with Crippen LogP contribution in [-0.2, 0) is 6.54 Å². The first-order valence-electron chi connectivity index (χ1n) is 5.07. The van der Waals surface area contributed by atoms with E-state index in [0.717, 1.165) is 5.56 Å². The molecule has 0 saturated heterocycles. The number of anilines is 1. The first-order chi connectivity index (χ1) is 8.75. The Morgan fingerprint density at radius 1 is 1.61 bits per heavy atom. The maximum absolute atomic E-state index is 11.0. The highest BCUT2D eigenvalue weighted by molar-refractivity contribution is 7.15. The molecule has 3 rings (SSSR count). The number of nitrogens with one attached hydrogen (secondary N) is 2. The molecular weight excluding hydrogens is 256 g/mol. The number of aromatic nitrogens is 4. The number of nitro groups is 1. The predicted octanol–water partition coefficient (Wildman–Crippen LogP) is 1.64. The van der Waals surface area contributed by atoms with E-state index in [2.05, 4.69) is 20.5 Å². The number of H-pyrrole nitrogens is 1. The average molecular weight is 264 g/mol. The SMILES string of the molecule is O=[N+]([O-])c1c(NCc2cn[nH]c2)nc2sccn12. The van der Waals surface area contributed by atoms with Crippen molar-refractivity contribution in [3.63, 3.8) is 0 Å². The van der Waals surface area contributed by atoms with Crippen molar-refractivity contribution in [3.05, 3.63) is 39.6 Å². The summed E-state index contributed by atoms with van der Waals surface area (Å²) in [5.41, 5.74) is 0.903. The number of fused-ring (bicyclic) bond motifs is 1. The molecule has 2 N–H and O–H groups in total. The second kappa shape index (κ2) is 4.11. The minimum Gasteiger partial charge on any atom is -0.359 e. The molecule has 0 radical (unpaired) electrons. The molecule has 3 aromatic heterocycles. The highest BCUT2D eigenvalue weighted by Gasteiger charge is 2.23. The fraction of sp³-hybridized carbons (Fsp3) is 0.111. The van der Waals surface area contributed by atoms with Gasteiger partial charge in [-0.3, -0.25) is 5.10 Å². The highest BCUT2D eigenvalue weighted by atomic mass is 32.1. The zero-order valence-electron chi connectivity index (χ0n) is 9.03. The lowest BCUT2D eigenvalue weighted by molar-refractivity contribution is -0.389. The van der Waals surface area contributed by atoms with Crippen molar-refractivity contribution in [2.75, 3.05) is 5.32 Å². The molecular formula is C9H8N6O2S. The number of imidazole rings is 1. The van der Waals surface area contributed by atoms with Gasteiger partial charge in [0.05, 0.1) is 6.20 Å². The molecule has 0 saturated carbocycles. The van der Waals surface area contributed by atoms with E-state index in [0.29, 0.717) is 11.5 Å². The number of aromatic amines is 1. The molecule has 0 bridgehead atoms. The molecule has 3 aromatic rings. The van der Waals surface area contributed by atoms with Crippen LogP contribution >= 0.6 is 11.3 Å². The summed E-state index contributed by atoms with van der Waals surface area (Å²) in [5, 5.41) is 22.2. The lowest BCUT2D eigenvalue weighted by atomic mass is 10.3. The molecule has 18 heavy (non-hydrogen) atoms. The third-order valence-electron chi connectivity index (χ3n) is 2.42. The van der Waals surface area contributed by atoms with Gasteiger partial charge in [0.2, 0.25) is 5.82 Å². The second-order valence-electron chi connectivity index (χ2n) is 3.56. The van der Waals surface area contributed by atoms with E-state index in [-0.39, 0.29) is 11.6 Å². The molecule has 0 aliphatic carbocycles. The molecule has 0 spiro atoms. The lowest BCUT2D eigenvalue weighted by Gasteiger charge is -2.00. The van der Waals surface area contributed by atoms with Crippen molar-refractivity contribution in [1.82, 2.24) is 19.6 Å². The van der Waals surface area contributed by atoms with Crippen LogP contribution in [0.5, 0.6) is 0 Å². The number of hydrogen-bond acceptors (Lipinski definition) is 6. The van der Waals surface area contributed by atoms with E-state index in [1.54, 1.807) is 24.0 Å². The van der Waals surface area contributed by atoms with Gasteiger partial charge in [0.25, 0.3) is 4.96 Å². The third-order valence-corrected chi connectivity index (χ3v) is 3.18. The van der Waals surface area contributed by atoms with E-state index < -0.39 is 4.92 Å². The summed E-state index contributed by atoms with van der Waals surface area (Å²) in [7, 11) is 0. The van der Waals surface area contributed by atoms with Crippen LogP contribution in [0.25, 0.3) is 4.96 Å². The van der Waals surface area contributed by atoms with Crippen molar-refractivity contribution in [1.29, 1.82) is 0 Å². The van der Waals surface area contributed by atoms with E-state index >= 15 is 0 Å². The summed E-state index contributed by atoms with van der Waals surface area (Å²) in [6.07, 6.45) is 5.00. The lowest BCUT2D eigenvalue weighted by Crippen LogP contribution is -2.02. The van der Waals surface area contributed by atoms with Crippen LogP contribution < -0.4 is 5.32 Å². The number of rotatable bonds is 4. The van der Waals surface area contributed by atoms with Crippen molar-refractivity contribution in [2.24, 2.45) is 0 Å². The number of hydrogen-bond donors (Lipinski definition) is 2. The minimum atomic E-state index is -0.440. The molecule has 0 unspecified atom stereocenters. The number of thiazole rings is 1. The van der Waals surface area contributed by atoms with Crippen LogP contribution in [0.3, 0.4) is 0 Å². The first-order valence-corrected chi connectivity index (χ1v) is 5.95. The standard InChI is InChI=1S/C9H8N6O2S/c16-15(17)8-7(10-3-6-4-11-12-5-6)13-9-14(8)1-2-18-9/h1-2,4-5,10H,3H2,(H,11,12). The Labute approximate surface area is 104 Å². The second-order valence-corrected chi connectivity index (χ2v) is 4.43. The fourth-order valence-corrected chi connectivity index (χ4v) is 2.34. The summed E-state index contributed by atoms with van der Waals surface area (Å²) in [4.78, 5) is 15.4. The van der Waals surface area contributed by atoms with Crippen molar-refractivity contribution < 1.29 is 4.92 Å². The van der Waals surface area contributed by atoms with Crippen LogP contribution in [0.1, 0.15) is 5.56 Å². The van der Waals surface area contributed by atoms with Crippen LogP contribution in [0.4, 0.5) is 11.6 Å². The Morgan fingerprint density at radius 3 is 3.22 bits per heavy atom. The molecule has 92 valence electrons. The topological polar surface area (TPSA) is 101 Å². The molecule has 8 nitrogen and oxygen atoms in total. The molecule has 0 atom stereocenters. The van der Waals surface area contributed by atoms with Gasteiger partial charge in [-0.2, -0.15) is 14.5 Å². The van der Waals surface area contributed by atoms with Crippen LogP contribution in [0, 0.1) is 10.1 Å². The van der Waals surface area contributed by atoms with Gasteiger partial charge < -0.3 is 15.4 Å². The zero-order valence-corrected chi connectivity index (χ0v) is 9.85. The van der Waals surface area contributed by atoms with E-state index in [4.69, 9.17) is 0 Å². The largest absolute Gasteiger partial charge is 0.372 e. The van der Waals surface area contributed by atoms with Crippen LogP contribution in [0.15, 0.2) is 24.0 Å². The average Bonchev–Trinajstić information content (AvgIpc) is 3.01. The van der Waals surface area contributed by atoms with Gasteiger partial charge in [0.1, 0.15) is 6.20 Å². The summed E-state index contributed by atoms with van der Waals surface area (Å²) >= 11 is 1.35. The van der Waals surface area contributed by atoms with Gasteiger partial charge in [-0.1, -0.05) is 11.3 Å². The maximum Gasteiger partial charge on any atom is 0.372 e. The molecule has 0 aliphatic heterocycles. The summed E-state index contributed by atoms with van der Waals surface area (Å²) < 4.78 is 1.46. The van der Waals surface area contributed by atoms with Crippen LogP contribution in [0.2, 0.25) is 0 Å². The summed E-state index contributed by atoms with van der Waals surface area (Å²) in [5.74, 6) is 0.225. The Bertz CT molecular complexity index is 685. The molecule has 9 heteroatoms. The van der Waals surface area contributed by atoms with Gasteiger partial charge in [-0.15, -0.1) is 0 Å². The first kappa shape index (κ1) is 10.7. The fourth-order valence-electron chi connectivity index (χ4n) is 1.63. The van der Waals surface area contributed by atoms with Crippen molar-refractivity contribution in [3.8, 4) is 0 Å². The Balaban J connectivity index is 1.93. The van der Waals surface area contributed by atoms with Crippen molar-refractivity contribution in [2.45, 2.75) is 6.54 Å². The third kappa shape index (κ3) is 1.70. The molecule has 3 heterocycles. The molecule has 0 aromatic carbocycles.